The highest BCUT2D eigenvalue weighted by Crippen LogP contribution is 2.23. The SMILES string of the molecule is COc1ccc2cc(CNc3ccccc3)c(=O)n(CC(=O)Nc3ccccc3Cl)c2c1. The van der Waals surface area contributed by atoms with Crippen molar-refractivity contribution < 1.29 is 9.53 Å². The lowest BCUT2D eigenvalue weighted by atomic mass is 10.1. The van der Waals surface area contributed by atoms with Crippen molar-refractivity contribution in [2.45, 2.75) is 13.1 Å². The van der Waals surface area contributed by atoms with E-state index in [9.17, 15) is 9.59 Å². The topological polar surface area (TPSA) is 72.4 Å². The van der Waals surface area contributed by atoms with E-state index in [2.05, 4.69) is 10.6 Å². The minimum Gasteiger partial charge on any atom is -0.497 e. The van der Waals surface area contributed by atoms with Gasteiger partial charge in [-0.15, -0.1) is 0 Å². The maximum Gasteiger partial charge on any atom is 0.256 e. The lowest BCUT2D eigenvalue weighted by Gasteiger charge is -2.15. The lowest BCUT2D eigenvalue weighted by Crippen LogP contribution is -2.30. The van der Waals surface area contributed by atoms with E-state index in [1.165, 1.54) is 4.57 Å². The smallest absolute Gasteiger partial charge is 0.256 e. The third-order valence-corrected chi connectivity index (χ3v) is 5.41. The predicted molar refractivity (Wildman–Crippen MR) is 129 cm³/mol. The summed E-state index contributed by atoms with van der Waals surface area (Å²) in [5, 5.41) is 7.31. The van der Waals surface area contributed by atoms with Gasteiger partial charge in [-0.2, -0.15) is 0 Å². The first-order valence-electron chi connectivity index (χ1n) is 10.1. The molecule has 0 spiro atoms. The third-order valence-electron chi connectivity index (χ3n) is 5.08. The Bertz CT molecular complexity index is 1320. The van der Waals surface area contributed by atoms with E-state index in [0.717, 1.165) is 11.1 Å². The molecule has 162 valence electrons. The summed E-state index contributed by atoms with van der Waals surface area (Å²) in [6.07, 6.45) is 0. The van der Waals surface area contributed by atoms with Crippen LogP contribution in [0.1, 0.15) is 5.56 Å². The second kappa shape index (κ2) is 9.58. The number of hydrogen-bond acceptors (Lipinski definition) is 4. The standard InChI is InChI=1S/C25H22ClN3O3/c1-32-20-12-11-17-13-18(15-27-19-7-3-2-4-8-19)25(31)29(23(17)14-20)16-24(30)28-22-10-6-5-9-21(22)26/h2-14,27H,15-16H2,1H3,(H,28,30). The molecule has 6 nitrogen and oxygen atoms in total. The van der Waals surface area contributed by atoms with Crippen LogP contribution in [0.15, 0.2) is 83.7 Å². The zero-order chi connectivity index (χ0) is 22.5. The van der Waals surface area contributed by atoms with E-state index < -0.39 is 0 Å². The molecule has 2 N–H and O–H groups in total. The van der Waals surface area contributed by atoms with E-state index in [0.29, 0.717) is 34.1 Å². The van der Waals surface area contributed by atoms with Crippen LogP contribution in [0.3, 0.4) is 0 Å². The number of anilines is 2. The molecule has 1 aromatic heterocycles. The monoisotopic (exact) mass is 447 g/mol. The Balaban J connectivity index is 1.69. The summed E-state index contributed by atoms with van der Waals surface area (Å²) in [5.74, 6) is 0.254. The molecule has 0 bridgehead atoms. The molecular weight excluding hydrogens is 426 g/mol. The van der Waals surface area contributed by atoms with Gasteiger partial charge in [-0.3, -0.25) is 14.2 Å². The first kappa shape index (κ1) is 21.5. The van der Waals surface area contributed by atoms with Crippen LogP contribution >= 0.6 is 11.6 Å². The minimum absolute atomic E-state index is 0.160. The van der Waals surface area contributed by atoms with Crippen molar-refractivity contribution in [1.82, 2.24) is 4.57 Å². The van der Waals surface area contributed by atoms with E-state index in [1.807, 2.05) is 48.5 Å². The van der Waals surface area contributed by atoms with Crippen LogP contribution < -0.4 is 20.9 Å². The number of carbonyl (C=O) groups excluding carboxylic acids is 1. The first-order valence-corrected chi connectivity index (χ1v) is 10.5. The summed E-state index contributed by atoms with van der Waals surface area (Å²) in [6, 6.07) is 23.9. The van der Waals surface area contributed by atoms with Gasteiger partial charge in [0.15, 0.2) is 0 Å². The molecule has 32 heavy (non-hydrogen) atoms. The van der Waals surface area contributed by atoms with Gasteiger partial charge >= 0.3 is 0 Å². The van der Waals surface area contributed by atoms with Gasteiger partial charge in [-0.1, -0.05) is 41.9 Å². The Kier molecular flexibility index (Phi) is 6.42. The van der Waals surface area contributed by atoms with Gasteiger partial charge in [0.25, 0.3) is 5.56 Å². The predicted octanol–water partition coefficient (Wildman–Crippen LogP) is 4.91. The quantitative estimate of drug-likeness (QED) is 0.422. The van der Waals surface area contributed by atoms with Gasteiger partial charge in [0.2, 0.25) is 5.91 Å². The Morgan fingerprint density at radius 1 is 1.00 bits per heavy atom. The molecule has 0 saturated heterocycles. The number of halogens is 1. The first-order chi connectivity index (χ1) is 15.5. The summed E-state index contributed by atoms with van der Waals surface area (Å²) in [6.45, 7) is 0.170. The van der Waals surface area contributed by atoms with E-state index >= 15 is 0 Å². The molecule has 4 rings (SSSR count). The number of methoxy groups -OCH3 is 1. The van der Waals surface area contributed by atoms with Gasteiger partial charge < -0.3 is 15.4 Å². The number of nitrogens with zero attached hydrogens (tertiary/aromatic N) is 1. The molecule has 0 atom stereocenters. The average molecular weight is 448 g/mol. The van der Waals surface area contributed by atoms with E-state index in [4.69, 9.17) is 16.3 Å². The molecule has 0 unspecified atom stereocenters. The highest BCUT2D eigenvalue weighted by atomic mass is 35.5. The number of pyridine rings is 1. The minimum atomic E-state index is -0.350. The van der Waals surface area contributed by atoms with Crippen molar-refractivity contribution in [3.8, 4) is 5.75 Å². The van der Waals surface area contributed by atoms with Crippen molar-refractivity contribution >= 4 is 39.8 Å². The molecular formula is C25H22ClN3O3. The number of nitrogens with one attached hydrogen (secondary N) is 2. The molecule has 0 aliphatic rings. The summed E-state index contributed by atoms with van der Waals surface area (Å²) >= 11 is 6.15. The number of ether oxygens (including phenoxy) is 1. The molecule has 0 saturated carbocycles. The van der Waals surface area contributed by atoms with Crippen molar-refractivity contribution in [3.05, 3.63) is 99.8 Å². The van der Waals surface area contributed by atoms with Gasteiger partial charge in [0, 0.05) is 23.9 Å². The summed E-state index contributed by atoms with van der Waals surface area (Å²) < 4.78 is 6.79. The summed E-state index contributed by atoms with van der Waals surface area (Å²) in [7, 11) is 1.56. The molecule has 0 radical (unpaired) electrons. The number of rotatable bonds is 7. The van der Waals surface area contributed by atoms with Crippen molar-refractivity contribution in [3.63, 3.8) is 0 Å². The Morgan fingerprint density at radius 2 is 1.75 bits per heavy atom. The third kappa shape index (κ3) is 4.76. The fourth-order valence-corrected chi connectivity index (χ4v) is 3.65. The van der Waals surface area contributed by atoms with Gasteiger partial charge in [0.05, 0.1) is 23.3 Å². The largest absolute Gasteiger partial charge is 0.497 e. The highest BCUT2D eigenvalue weighted by Gasteiger charge is 2.14. The van der Waals surface area contributed by atoms with Crippen molar-refractivity contribution in [1.29, 1.82) is 0 Å². The van der Waals surface area contributed by atoms with Gasteiger partial charge in [-0.25, -0.2) is 0 Å². The number of benzene rings is 3. The number of fused-ring (bicyclic) bond motifs is 1. The Hall–Kier alpha value is -3.77. The van der Waals surface area contributed by atoms with Crippen LogP contribution in [-0.2, 0) is 17.9 Å². The van der Waals surface area contributed by atoms with Gasteiger partial charge in [0.1, 0.15) is 12.3 Å². The van der Waals surface area contributed by atoms with Crippen LogP contribution in [0.2, 0.25) is 5.02 Å². The molecule has 0 aliphatic carbocycles. The summed E-state index contributed by atoms with van der Waals surface area (Å²) in [5.41, 5.74) is 2.33. The van der Waals surface area contributed by atoms with Crippen molar-refractivity contribution in [2.75, 3.05) is 17.7 Å². The maximum atomic E-state index is 13.3. The fraction of sp³-hybridized carbons (Fsp3) is 0.120. The zero-order valence-corrected chi connectivity index (χ0v) is 18.2. The molecule has 4 aromatic rings. The zero-order valence-electron chi connectivity index (χ0n) is 17.5. The second-order valence-electron chi connectivity index (χ2n) is 7.23. The normalized spacial score (nSPS) is 10.7. The molecule has 7 heteroatoms. The van der Waals surface area contributed by atoms with Crippen LogP contribution in [0, 0.1) is 0 Å². The molecule has 1 amide bonds. The molecule has 3 aromatic carbocycles. The average Bonchev–Trinajstić information content (AvgIpc) is 2.81. The van der Waals surface area contributed by atoms with E-state index in [1.54, 1.807) is 37.4 Å². The Labute approximate surface area is 190 Å². The molecule has 1 heterocycles. The second-order valence-corrected chi connectivity index (χ2v) is 7.64. The highest BCUT2D eigenvalue weighted by molar-refractivity contribution is 6.33. The number of hydrogen-bond donors (Lipinski definition) is 2. The Morgan fingerprint density at radius 3 is 2.50 bits per heavy atom. The number of amides is 1. The number of aromatic nitrogens is 1. The fourth-order valence-electron chi connectivity index (χ4n) is 3.47. The molecule has 0 fully saturated rings. The van der Waals surface area contributed by atoms with E-state index in [-0.39, 0.29) is 18.0 Å². The van der Waals surface area contributed by atoms with Crippen LogP contribution in [0.5, 0.6) is 5.75 Å². The number of para-hydroxylation sites is 2. The summed E-state index contributed by atoms with van der Waals surface area (Å²) in [4.78, 5) is 26.1. The number of carbonyl (C=O) groups is 1. The van der Waals surface area contributed by atoms with Crippen molar-refractivity contribution in [2.24, 2.45) is 0 Å². The maximum absolute atomic E-state index is 13.3. The lowest BCUT2D eigenvalue weighted by molar-refractivity contribution is -0.116. The van der Waals surface area contributed by atoms with Gasteiger partial charge in [-0.05, 0) is 47.9 Å². The molecule has 0 aliphatic heterocycles. The van der Waals surface area contributed by atoms with Crippen LogP contribution in [0.25, 0.3) is 10.9 Å². The van der Waals surface area contributed by atoms with Crippen LogP contribution in [-0.4, -0.2) is 17.6 Å². The van der Waals surface area contributed by atoms with Crippen LogP contribution in [0.4, 0.5) is 11.4 Å².